The molecule has 2 fully saturated rings. The van der Waals surface area contributed by atoms with Gasteiger partial charge in [0.15, 0.2) is 0 Å². The Bertz CT molecular complexity index is 1180. The largest absolute Gasteiger partial charge is 0.490 e. The molecule has 0 N–H and O–H groups in total. The molecule has 1 amide bonds. The van der Waals surface area contributed by atoms with E-state index in [2.05, 4.69) is 43.6 Å². The zero-order chi connectivity index (χ0) is 30.4. The van der Waals surface area contributed by atoms with Gasteiger partial charge in [-0.15, -0.1) is 0 Å². The summed E-state index contributed by atoms with van der Waals surface area (Å²) in [5, 5.41) is 10.3. The molecule has 0 unspecified atom stereocenters. The quantitative estimate of drug-likeness (QED) is 0.279. The van der Waals surface area contributed by atoms with Crippen molar-refractivity contribution in [3.63, 3.8) is 0 Å². The first-order valence-electron chi connectivity index (χ1n) is 14.1. The average Bonchev–Trinajstić information content (AvgIpc) is 2.89. The molecule has 1 saturated heterocycles. The number of nitro benzene ring substituents is 1. The van der Waals surface area contributed by atoms with Crippen molar-refractivity contribution in [2.24, 2.45) is 11.3 Å². The molecule has 226 valence electrons. The third-order valence-corrected chi connectivity index (χ3v) is 7.27. The Morgan fingerprint density at radius 3 is 2.24 bits per heavy atom. The first kappa shape index (κ1) is 32.1. The molecule has 4 rings (SSSR count). The lowest BCUT2D eigenvalue weighted by atomic mass is 9.89. The molecule has 1 saturated carbocycles. The van der Waals surface area contributed by atoms with Crippen LogP contribution in [0.4, 0.5) is 24.7 Å². The smallest absolute Gasteiger partial charge is 0.423 e. The van der Waals surface area contributed by atoms with E-state index in [1.165, 1.54) is 25.8 Å². The van der Waals surface area contributed by atoms with Crippen LogP contribution < -0.4 is 9.64 Å². The van der Waals surface area contributed by atoms with Crippen molar-refractivity contribution in [3.8, 4) is 5.75 Å². The van der Waals surface area contributed by atoms with Crippen LogP contribution in [-0.2, 0) is 11.0 Å². The van der Waals surface area contributed by atoms with Crippen LogP contribution in [0.1, 0.15) is 70.9 Å². The lowest BCUT2D eigenvalue weighted by Crippen LogP contribution is -2.49. The van der Waals surface area contributed by atoms with E-state index in [9.17, 15) is 28.1 Å². The molecule has 1 aliphatic heterocycles. The number of alkyl halides is 3. The van der Waals surface area contributed by atoms with Gasteiger partial charge in [-0.05, 0) is 56.1 Å². The summed E-state index contributed by atoms with van der Waals surface area (Å²) in [4.78, 5) is 30.5. The monoisotopic (exact) mass is 578 g/mol. The number of carbonyl (C=O) groups is 1. The van der Waals surface area contributed by atoms with E-state index in [4.69, 9.17) is 4.74 Å². The summed E-state index contributed by atoms with van der Waals surface area (Å²) in [6.07, 6.45) is 2.90. The Kier molecular flexibility index (Phi) is 10.6. The molecule has 1 aliphatic carbocycles. The molecule has 1 aromatic heterocycles. The number of hydrogen-bond acceptors (Lipinski definition) is 6. The predicted octanol–water partition coefficient (Wildman–Crippen LogP) is 7.05. The van der Waals surface area contributed by atoms with Crippen LogP contribution in [0.3, 0.4) is 0 Å². The zero-order valence-corrected chi connectivity index (χ0v) is 24.5. The summed E-state index contributed by atoms with van der Waals surface area (Å²) in [6, 6.07) is 6.92. The maximum Gasteiger partial charge on any atom is 0.423 e. The van der Waals surface area contributed by atoms with Gasteiger partial charge < -0.3 is 14.5 Å². The van der Waals surface area contributed by atoms with Crippen molar-refractivity contribution in [2.75, 3.05) is 31.1 Å². The van der Waals surface area contributed by atoms with E-state index >= 15 is 0 Å². The molecule has 2 aromatic rings. The second-order valence-corrected chi connectivity index (χ2v) is 12.2. The Morgan fingerprint density at radius 2 is 1.68 bits per heavy atom. The number of rotatable bonds is 5. The van der Waals surface area contributed by atoms with Crippen LogP contribution in [0.25, 0.3) is 0 Å². The topological polar surface area (TPSA) is 88.8 Å². The first-order valence-corrected chi connectivity index (χ1v) is 14.1. The molecule has 11 heteroatoms. The van der Waals surface area contributed by atoms with Crippen LogP contribution in [0, 0.1) is 28.4 Å². The summed E-state index contributed by atoms with van der Waals surface area (Å²) in [6.45, 7) is 13.3. The average molecular weight is 579 g/mol. The van der Waals surface area contributed by atoms with Crippen LogP contribution in [0.2, 0.25) is 0 Å². The fraction of sp³-hybridized carbons (Fsp3) is 0.600. The Hall–Kier alpha value is -3.37. The van der Waals surface area contributed by atoms with Gasteiger partial charge in [-0.25, -0.2) is 4.98 Å². The van der Waals surface area contributed by atoms with E-state index in [0.717, 1.165) is 68.6 Å². The van der Waals surface area contributed by atoms with Crippen molar-refractivity contribution in [1.29, 1.82) is 0 Å². The number of amides is 1. The minimum atomic E-state index is -4.69. The summed E-state index contributed by atoms with van der Waals surface area (Å²) in [7, 11) is 0. The summed E-state index contributed by atoms with van der Waals surface area (Å²) < 4.78 is 43.1. The number of pyridine rings is 1. The lowest BCUT2D eigenvalue weighted by Gasteiger charge is -2.36. The van der Waals surface area contributed by atoms with E-state index < -0.39 is 22.4 Å². The molecule has 2 heterocycles. The molecular weight excluding hydrogens is 537 g/mol. The van der Waals surface area contributed by atoms with E-state index in [1.807, 2.05) is 17.2 Å². The lowest BCUT2D eigenvalue weighted by molar-refractivity contribution is -0.388. The van der Waals surface area contributed by atoms with Gasteiger partial charge in [-0.1, -0.05) is 39.3 Å². The third kappa shape index (κ3) is 9.89. The Morgan fingerprint density at radius 1 is 1.05 bits per heavy atom. The molecule has 1 aromatic carbocycles. The van der Waals surface area contributed by atoms with E-state index in [-0.39, 0.29) is 11.3 Å². The highest BCUT2D eigenvalue weighted by atomic mass is 19.4. The van der Waals surface area contributed by atoms with Crippen molar-refractivity contribution in [1.82, 2.24) is 9.88 Å². The van der Waals surface area contributed by atoms with Gasteiger partial charge in [0.2, 0.25) is 5.91 Å². The van der Waals surface area contributed by atoms with Gasteiger partial charge >= 0.3 is 6.18 Å². The first-order chi connectivity index (χ1) is 19.1. The van der Waals surface area contributed by atoms with Crippen LogP contribution in [0.5, 0.6) is 5.75 Å². The number of nitrogens with zero attached hydrogens (tertiary/aromatic N) is 4. The zero-order valence-electron chi connectivity index (χ0n) is 24.5. The highest BCUT2D eigenvalue weighted by Gasteiger charge is 2.38. The number of aromatic nitrogens is 1. The maximum absolute atomic E-state index is 12.4. The number of halogens is 3. The van der Waals surface area contributed by atoms with Crippen molar-refractivity contribution in [3.05, 3.63) is 57.8 Å². The normalized spacial score (nSPS) is 19.7. The van der Waals surface area contributed by atoms with Gasteiger partial charge in [0.25, 0.3) is 5.69 Å². The number of anilines is 1. The van der Waals surface area contributed by atoms with Crippen molar-refractivity contribution in [2.45, 2.75) is 79.0 Å². The SMILES string of the molecule is CC1CCC(Oc2ccnc(N3CCN(C(=O)CC(C)(C)C)CC3)c2)CC1.Cc1ccc([N+](=O)[O-])c(C(F)(F)F)c1. The highest BCUT2D eigenvalue weighted by Crippen LogP contribution is 2.36. The molecule has 0 radical (unpaired) electrons. The summed E-state index contributed by atoms with van der Waals surface area (Å²) in [5.74, 6) is 2.97. The molecule has 8 nitrogen and oxygen atoms in total. The van der Waals surface area contributed by atoms with Crippen LogP contribution in [0.15, 0.2) is 36.5 Å². The number of hydrogen-bond donors (Lipinski definition) is 0. The van der Waals surface area contributed by atoms with E-state index in [1.54, 1.807) is 0 Å². The Labute approximate surface area is 240 Å². The van der Waals surface area contributed by atoms with Crippen LogP contribution in [-0.4, -0.2) is 53.0 Å². The predicted molar refractivity (Wildman–Crippen MR) is 152 cm³/mol. The fourth-order valence-corrected chi connectivity index (χ4v) is 4.97. The summed E-state index contributed by atoms with van der Waals surface area (Å²) >= 11 is 0. The number of nitro groups is 1. The minimum Gasteiger partial charge on any atom is -0.490 e. The van der Waals surface area contributed by atoms with Gasteiger partial charge in [0.05, 0.1) is 11.0 Å². The maximum atomic E-state index is 12.4. The molecule has 0 bridgehead atoms. The van der Waals surface area contributed by atoms with Crippen molar-refractivity contribution >= 4 is 17.4 Å². The fourth-order valence-electron chi connectivity index (χ4n) is 4.97. The number of benzene rings is 1. The second-order valence-electron chi connectivity index (χ2n) is 12.2. The summed E-state index contributed by atoms with van der Waals surface area (Å²) in [5.41, 5.74) is -1.74. The minimum absolute atomic E-state index is 0.0400. The number of piperazine rings is 1. The third-order valence-electron chi connectivity index (χ3n) is 7.27. The van der Waals surface area contributed by atoms with Gasteiger partial charge in [-0.2, -0.15) is 13.2 Å². The standard InChI is InChI=1S/C22H35N3O2.C8H6F3NO2/c1-17-5-7-18(8-6-17)27-19-9-10-23-20(15-19)24-11-13-25(14-12-24)21(26)16-22(2,3)4;1-5-2-3-7(12(13)14)6(4-5)8(9,10)11/h9-10,15,17-18H,5-8,11-14,16H2,1-4H3;2-4H,1H3. The molecule has 0 spiro atoms. The van der Waals surface area contributed by atoms with Crippen LogP contribution >= 0.6 is 0 Å². The number of carbonyl (C=O) groups excluding carboxylic acids is 1. The molecular formula is C30H41F3N4O4. The molecule has 0 atom stereocenters. The Balaban J connectivity index is 0.000000278. The molecule has 2 aliphatic rings. The van der Waals surface area contributed by atoms with Gasteiger partial charge in [0.1, 0.15) is 17.1 Å². The number of aryl methyl sites for hydroxylation is 1. The van der Waals surface area contributed by atoms with Gasteiger partial charge in [-0.3, -0.25) is 14.9 Å². The second kappa shape index (κ2) is 13.5. The van der Waals surface area contributed by atoms with Gasteiger partial charge in [0, 0.05) is 50.9 Å². The van der Waals surface area contributed by atoms with Crippen molar-refractivity contribution < 1.29 is 27.6 Å². The molecule has 41 heavy (non-hydrogen) atoms. The number of ether oxygens (including phenoxy) is 1. The highest BCUT2D eigenvalue weighted by molar-refractivity contribution is 5.77. The van der Waals surface area contributed by atoms with E-state index in [0.29, 0.717) is 18.1 Å².